The molecule has 26 heavy (non-hydrogen) atoms. The van der Waals surface area contributed by atoms with Crippen LogP contribution in [0.5, 0.6) is 5.75 Å². The lowest BCUT2D eigenvalue weighted by molar-refractivity contribution is -0.128. The van der Waals surface area contributed by atoms with Crippen LogP contribution in [-0.2, 0) is 9.53 Å². The Hall–Kier alpha value is -2.45. The first-order valence-corrected chi connectivity index (χ1v) is 7.74. The van der Waals surface area contributed by atoms with Crippen LogP contribution in [0.2, 0.25) is 0 Å². The molecule has 0 aromatic heterocycles. The van der Waals surface area contributed by atoms with Gasteiger partial charge in [0.1, 0.15) is 5.82 Å². The highest BCUT2D eigenvalue weighted by atomic mass is 19.2. The van der Waals surface area contributed by atoms with E-state index in [1.54, 1.807) is 0 Å². The van der Waals surface area contributed by atoms with Crippen molar-refractivity contribution in [3.05, 3.63) is 65.0 Å². The summed E-state index contributed by atoms with van der Waals surface area (Å²) >= 11 is 0. The first kappa shape index (κ1) is 18.3. The van der Waals surface area contributed by atoms with Gasteiger partial charge in [-0.25, -0.2) is 18.1 Å². The molecule has 1 fully saturated rings. The Morgan fingerprint density at radius 2 is 1.85 bits per heavy atom. The number of aldehydes is 1. The van der Waals surface area contributed by atoms with E-state index in [2.05, 4.69) is 4.74 Å². The van der Waals surface area contributed by atoms with Crippen molar-refractivity contribution in [3.8, 4) is 5.75 Å². The lowest BCUT2D eigenvalue weighted by Gasteiger charge is -2.23. The van der Waals surface area contributed by atoms with Crippen molar-refractivity contribution in [2.24, 2.45) is 0 Å². The van der Waals surface area contributed by atoms with Gasteiger partial charge in [0.25, 0.3) is 0 Å². The highest BCUT2D eigenvalue weighted by Gasteiger charge is 2.40. The molecule has 0 radical (unpaired) electrons. The molecule has 1 heterocycles. The summed E-state index contributed by atoms with van der Waals surface area (Å²) < 4.78 is 66.0. The van der Waals surface area contributed by atoms with E-state index in [9.17, 15) is 22.4 Å². The summed E-state index contributed by atoms with van der Waals surface area (Å²) in [6.45, 7) is -0.0940. The van der Waals surface area contributed by atoms with Crippen LogP contribution in [0.15, 0.2) is 36.4 Å². The molecular formula is C18H15F4NO3. The highest BCUT2D eigenvalue weighted by Crippen LogP contribution is 2.37. The van der Waals surface area contributed by atoms with Crippen molar-refractivity contribution >= 4 is 6.29 Å². The fraction of sp³-hybridized carbons (Fsp3) is 0.278. The van der Waals surface area contributed by atoms with Crippen molar-refractivity contribution in [1.29, 1.82) is 0 Å². The summed E-state index contributed by atoms with van der Waals surface area (Å²) in [5.41, 5.74) is -0.0344. The van der Waals surface area contributed by atoms with Gasteiger partial charge in [-0.05, 0) is 29.8 Å². The van der Waals surface area contributed by atoms with Crippen LogP contribution in [-0.4, -0.2) is 31.1 Å². The monoisotopic (exact) mass is 369 g/mol. The van der Waals surface area contributed by atoms with Gasteiger partial charge in [-0.2, -0.15) is 4.39 Å². The molecule has 0 N–H and O–H groups in total. The van der Waals surface area contributed by atoms with Crippen molar-refractivity contribution in [3.63, 3.8) is 0 Å². The molecular weight excluding hydrogens is 354 g/mol. The molecule has 138 valence electrons. The zero-order valence-corrected chi connectivity index (χ0v) is 13.7. The number of nitrogens with zero attached hydrogens (tertiary/aromatic N) is 1. The first-order valence-electron chi connectivity index (χ1n) is 7.74. The molecule has 0 aliphatic carbocycles. The SMILES string of the molecule is COc1ccc(C(F)N2CC(c3ccc(F)cc3)OC2C=O)c(F)c1F. The molecule has 0 amide bonds. The number of carbonyl (C=O) groups excluding carboxylic acids is 1. The second-order valence-electron chi connectivity index (χ2n) is 5.72. The van der Waals surface area contributed by atoms with Crippen LogP contribution in [0.25, 0.3) is 0 Å². The largest absolute Gasteiger partial charge is 0.494 e. The minimum absolute atomic E-state index is 0.0940. The van der Waals surface area contributed by atoms with E-state index in [1.807, 2.05) is 0 Å². The van der Waals surface area contributed by atoms with Crippen molar-refractivity contribution in [1.82, 2.24) is 4.90 Å². The quantitative estimate of drug-likeness (QED) is 0.458. The number of hydrogen-bond donors (Lipinski definition) is 0. The van der Waals surface area contributed by atoms with Crippen LogP contribution >= 0.6 is 0 Å². The Balaban J connectivity index is 1.86. The smallest absolute Gasteiger partial charge is 0.201 e. The van der Waals surface area contributed by atoms with E-state index in [0.717, 1.165) is 24.1 Å². The van der Waals surface area contributed by atoms with Crippen LogP contribution in [0.1, 0.15) is 23.5 Å². The predicted octanol–water partition coefficient (Wildman–Crippen LogP) is 3.68. The van der Waals surface area contributed by atoms with Gasteiger partial charge in [0, 0.05) is 12.1 Å². The van der Waals surface area contributed by atoms with E-state index in [4.69, 9.17) is 4.74 Å². The fourth-order valence-electron chi connectivity index (χ4n) is 2.85. The number of halogens is 4. The first-order chi connectivity index (χ1) is 12.5. The third-order valence-corrected chi connectivity index (χ3v) is 4.21. The maximum atomic E-state index is 14.9. The lowest BCUT2D eigenvalue weighted by atomic mass is 10.1. The van der Waals surface area contributed by atoms with Crippen LogP contribution in [0, 0.1) is 17.5 Å². The number of hydrogen-bond acceptors (Lipinski definition) is 4. The summed E-state index contributed by atoms with van der Waals surface area (Å²) in [6.07, 6.45) is -3.75. The second kappa shape index (κ2) is 7.43. The Kier molecular flexibility index (Phi) is 5.24. The summed E-state index contributed by atoms with van der Waals surface area (Å²) in [6, 6.07) is 7.48. The summed E-state index contributed by atoms with van der Waals surface area (Å²) in [5, 5.41) is 0. The standard InChI is InChI=1S/C18H15F4NO3/c1-25-13-7-6-12(16(20)17(13)21)18(22)23-8-14(26-15(23)9-24)10-2-4-11(19)5-3-10/h2-7,9,14-15,18H,8H2,1H3. The zero-order valence-electron chi connectivity index (χ0n) is 13.7. The number of rotatable bonds is 5. The van der Waals surface area contributed by atoms with Gasteiger partial charge in [0.05, 0.1) is 13.2 Å². The van der Waals surface area contributed by atoms with Crippen molar-refractivity contribution in [2.45, 2.75) is 18.6 Å². The number of methoxy groups -OCH3 is 1. The molecule has 4 nitrogen and oxygen atoms in total. The average molecular weight is 369 g/mol. The van der Waals surface area contributed by atoms with Gasteiger partial charge < -0.3 is 9.47 Å². The Bertz CT molecular complexity index is 800. The maximum Gasteiger partial charge on any atom is 0.201 e. The topological polar surface area (TPSA) is 38.8 Å². The van der Waals surface area contributed by atoms with Crippen molar-refractivity contribution in [2.75, 3.05) is 13.7 Å². The molecule has 2 aromatic rings. The predicted molar refractivity (Wildman–Crippen MR) is 83.5 cm³/mol. The number of benzene rings is 2. The minimum atomic E-state index is -2.11. The van der Waals surface area contributed by atoms with Gasteiger partial charge in [-0.3, -0.25) is 4.79 Å². The number of carbonyl (C=O) groups is 1. The van der Waals surface area contributed by atoms with E-state index in [1.165, 1.54) is 24.3 Å². The zero-order chi connectivity index (χ0) is 18.8. The second-order valence-corrected chi connectivity index (χ2v) is 5.72. The molecule has 8 heteroatoms. The van der Waals surface area contributed by atoms with Crippen LogP contribution < -0.4 is 4.74 Å². The third-order valence-electron chi connectivity index (χ3n) is 4.21. The minimum Gasteiger partial charge on any atom is -0.494 e. The van der Waals surface area contributed by atoms with Crippen LogP contribution in [0.3, 0.4) is 0 Å². The molecule has 0 spiro atoms. The molecule has 1 aliphatic rings. The molecule has 3 atom stereocenters. The summed E-state index contributed by atoms with van der Waals surface area (Å²) in [7, 11) is 1.16. The van der Waals surface area contributed by atoms with Gasteiger partial charge in [-0.15, -0.1) is 0 Å². The normalized spacial score (nSPS) is 21.6. The summed E-state index contributed by atoms with van der Waals surface area (Å²) in [4.78, 5) is 12.2. The highest BCUT2D eigenvalue weighted by molar-refractivity contribution is 5.56. The molecule has 0 saturated carbocycles. The maximum absolute atomic E-state index is 14.9. The van der Waals surface area contributed by atoms with E-state index in [-0.39, 0.29) is 12.3 Å². The Morgan fingerprint density at radius 3 is 2.46 bits per heavy atom. The van der Waals surface area contributed by atoms with Gasteiger partial charge in [-0.1, -0.05) is 12.1 Å². The molecule has 3 rings (SSSR count). The Morgan fingerprint density at radius 1 is 1.15 bits per heavy atom. The lowest BCUT2D eigenvalue weighted by Crippen LogP contribution is -2.33. The molecule has 1 aliphatic heterocycles. The summed E-state index contributed by atoms with van der Waals surface area (Å²) in [5.74, 6) is -3.51. The molecule has 2 aromatic carbocycles. The number of alkyl halides is 1. The van der Waals surface area contributed by atoms with E-state index >= 15 is 0 Å². The van der Waals surface area contributed by atoms with E-state index < -0.39 is 41.6 Å². The van der Waals surface area contributed by atoms with E-state index in [0.29, 0.717) is 11.8 Å². The molecule has 1 saturated heterocycles. The average Bonchev–Trinajstić information content (AvgIpc) is 3.08. The van der Waals surface area contributed by atoms with Crippen molar-refractivity contribution < 1.29 is 31.8 Å². The van der Waals surface area contributed by atoms with Gasteiger partial charge in [0.15, 0.2) is 30.4 Å². The Labute approximate surface area is 146 Å². The van der Waals surface area contributed by atoms with Gasteiger partial charge >= 0.3 is 0 Å². The van der Waals surface area contributed by atoms with Gasteiger partial charge in [0.2, 0.25) is 5.82 Å². The molecule has 3 unspecified atom stereocenters. The number of ether oxygens (including phenoxy) is 2. The molecule has 0 bridgehead atoms. The fourth-order valence-corrected chi connectivity index (χ4v) is 2.85. The third kappa shape index (κ3) is 3.30. The van der Waals surface area contributed by atoms with Crippen LogP contribution in [0.4, 0.5) is 17.6 Å².